The quantitative estimate of drug-likeness (QED) is 0.589. The number of fused-ring (bicyclic) bond motifs is 1. The van der Waals surface area contributed by atoms with Gasteiger partial charge in [-0.25, -0.2) is 4.98 Å². The molecule has 0 saturated carbocycles. The predicted octanol–water partition coefficient (Wildman–Crippen LogP) is 4.84. The van der Waals surface area contributed by atoms with Crippen molar-refractivity contribution in [3.63, 3.8) is 0 Å². The molecule has 0 saturated heterocycles. The van der Waals surface area contributed by atoms with E-state index < -0.39 is 0 Å². The fourth-order valence-corrected chi connectivity index (χ4v) is 4.09. The second kappa shape index (κ2) is 5.35. The molecule has 2 aromatic carbocycles. The Morgan fingerprint density at radius 1 is 0.952 bits per heavy atom. The van der Waals surface area contributed by atoms with Crippen LogP contribution in [0.25, 0.3) is 21.5 Å². The summed E-state index contributed by atoms with van der Waals surface area (Å²) in [5, 5.41) is 8.38. The summed E-state index contributed by atoms with van der Waals surface area (Å²) < 4.78 is 2.22. The fourth-order valence-electron chi connectivity index (χ4n) is 2.11. The molecule has 21 heavy (non-hydrogen) atoms. The van der Waals surface area contributed by atoms with Crippen LogP contribution in [0.2, 0.25) is 0 Å². The fraction of sp³-hybridized carbons (Fsp3) is 0. The van der Waals surface area contributed by atoms with E-state index in [0.29, 0.717) is 0 Å². The number of nitrogens with zero attached hydrogens (tertiary/aromatic N) is 2. The van der Waals surface area contributed by atoms with Crippen molar-refractivity contribution in [2.24, 2.45) is 0 Å². The third kappa shape index (κ3) is 2.57. The van der Waals surface area contributed by atoms with Gasteiger partial charge in [0.1, 0.15) is 5.03 Å². The van der Waals surface area contributed by atoms with E-state index >= 15 is 0 Å². The number of aromatic amines is 1. The number of H-pyrrole nitrogens is 1. The summed E-state index contributed by atoms with van der Waals surface area (Å²) >= 11 is 3.29. The Labute approximate surface area is 130 Å². The lowest BCUT2D eigenvalue weighted by Gasteiger charge is -1.93. The maximum absolute atomic E-state index is 4.62. The number of thiazole rings is 1. The minimum absolute atomic E-state index is 0.938. The van der Waals surface area contributed by atoms with Crippen LogP contribution in [0.4, 0.5) is 0 Å². The standard InChI is InChI=1S/C16H11N3S2/c1-2-6-11(7-3-1)13-10-15(19-18-13)21-16-17-12-8-4-5-9-14(12)20-16/h1-10H,(H,18,19). The third-order valence-electron chi connectivity index (χ3n) is 3.11. The van der Waals surface area contributed by atoms with Crippen molar-refractivity contribution >= 4 is 33.3 Å². The first kappa shape index (κ1) is 12.6. The zero-order valence-corrected chi connectivity index (χ0v) is 12.6. The Morgan fingerprint density at radius 2 is 1.76 bits per heavy atom. The Hall–Kier alpha value is -2.11. The van der Waals surface area contributed by atoms with Crippen LogP contribution >= 0.6 is 23.1 Å². The Morgan fingerprint density at radius 3 is 2.62 bits per heavy atom. The number of hydrogen-bond acceptors (Lipinski definition) is 4. The number of hydrogen-bond donors (Lipinski definition) is 1. The van der Waals surface area contributed by atoms with E-state index in [1.807, 2.05) is 36.4 Å². The molecule has 0 bridgehead atoms. The average Bonchev–Trinajstić information content (AvgIpc) is 3.14. The zero-order valence-electron chi connectivity index (χ0n) is 11.0. The van der Waals surface area contributed by atoms with Crippen molar-refractivity contribution in [2.75, 3.05) is 0 Å². The van der Waals surface area contributed by atoms with Crippen LogP contribution in [0.15, 0.2) is 70.0 Å². The van der Waals surface area contributed by atoms with Crippen LogP contribution in [-0.2, 0) is 0 Å². The summed E-state index contributed by atoms with van der Waals surface area (Å²) in [7, 11) is 0. The molecule has 0 spiro atoms. The summed E-state index contributed by atoms with van der Waals surface area (Å²) in [4.78, 5) is 4.62. The van der Waals surface area contributed by atoms with Crippen molar-refractivity contribution in [3.05, 3.63) is 60.7 Å². The van der Waals surface area contributed by atoms with Crippen LogP contribution in [0.5, 0.6) is 0 Å². The average molecular weight is 309 g/mol. The van der Waals surface area contributed by atoms with E-state index in [9.17, 15) is 0 Å². The van der Waals surface area contributed by atoms with Crippen LogP contribution in [-0.4, -0.2) is 15.2 Å². The Bertz CT molecular complexity index is 848. The lowest BCUT2D eigenvalue weighted by atomic mass is 10.2. The number of para-hydroxylation sites is 1. The largest absolute Gasteiger partial charge is 0.277 e. The van der Waals surface area contributed by atoms with Gasteiger partial charge in [-0.1, -0.05) is 42.5 Å². The van der Waals surface area contributed by atoms with E-state index in [1.165, 1.54) is 4.70 Å². The molecule has 0 atom stereocenters. The molecule has 2 aromatic heterocycles. The monoisotopic (exact) mass is 309 g/mol. The van der Waals surface area contributed by atoms with Gasteiger partial charge in [0.05, 0.1) is 15.9 Å². The smallest absolute Gasteiger partial charge is 0.157 e. The molecule has 4 aromatic rings. The van der Waals surface area contributed by atoms with Gasteiger partial charge < -0.3 is 0 Å². The van der Waals surface area contributed by atoms with Gasteiger partial charge in [0, 0.05) is 0 Å². The highest BCUT2D eigenvalue weighted by Crippen LogP contribution is 2.34. The SMILES string of the molecule is c1ccc(-c2cc(Sc3nc4ccccc4s3)n[nH]2)cc1. The summed E-state index contributed by atoms with van der Waals surface area (Å²) in [6.07, 6.45) is 0. The molecule has 0 radical (unpaired) electrons. The minimum atomic E-state index is 0.938. The molecule has 0 aliphatic heterocycles. The molecule has 3 nitrogen and oxygen atoms in total. The van der Waals surface area contributed by atoms with Gasteiger partial charge in [0.15, 0.2) is 4.34 Å². The lowest BCUT2D eigenvalue weighted by molar-refractivity contribution is 1.01. The number of benzene rings is 2. The molecule has 0 unspecified atom stereocenters. The molecule has 0 amide bonds. The van der Waals surface area contributed by atoms with Crippen molar-refractivity contribution in [3.8, 4) is 11.3 Å². The molecule has 2 heterocycles. The first-order valence-electron chi connectivity index (χ1n) is 6.53. The maximum Gasteiger partial charge on any atom is 0.157 e. The Balaban J connectivity index is 1.61. The molecular formula is C16H11N3S2. The predicted molar refractivity (Wildman–Crippen MR) is 87.8 cm³/mol. The maximum atomic E-state index is 4.62. The molecule has 0 aliphatic rings. The molecule has 4 rings (SSSR count). The van der Waals surface area contributed by atoms with Crippen LogP contribution in [0.1, 0.15) is 0 Å². The number of rotatable bonds is 3. The number of aromatic nitrogens is 3. The molecule has 1 N–H and O–H groups in total. The first-order valence-corrected chi connectivity index (χ1v) is 8.16. The van der Waals surface area contributed by atoms with Crippen molar-refractivity contribution < 1.29 is 0 Å². The number of nitrogens with one attached hydrogen (secondary N) is 1. The van der Waals surface area contributed by atoms with E-state index in [0.717, 1.165) is 26.1 Å². The zero-order chi connectivity index (χ0) is 14.1. The van der Waals surface area contributed by atoms with Gasteiger partial charge in [-0.15, -0.1) is 11.3 Å². The van der Waals surface area contributed by atoms with Gasteiger partial charge in [-0.3, -0.25) is 5.10 Å². The van der Waals surface area contributed by atoms with Crippen LogP contribution in [0, 0.1) is 0 Å². The molecule has 0 fully saturated rings. The molecular weight excluding hydrogens is 298 g/mol. The Kier molecular flexibility index (Phi) is 3.21. The van der Waals surface area contributed by atoms with Crippen molar-refractivity contribution in [1.82, 2.24) is 15.2 Å². The summed E-state index contributed by atoms with van der Waals surface area (Å²) in [5.41, 5.74) is 3.21. The van der Waals surface area contributed by atoms with E-state index in [2.05, 4.69) is 39.4 Å². The van der Waals surface area contributed by atoms with Crippen LogP contribution < -0.4 is 0 Å². The highest BCUT2D eigenvalue weighted by molar-refractivity contribution is 8.01. The highest BCUT2D eigenvalue weighted by atomic mass is 32.2. The van der Waals surface area contributed by atoms with Gasteiger partial charge >= 0.3 is 0 Å². The minimum Gasteiger partial charge on any atom is -0.277 e. The van der Waals surface area contributed by atoms with E-state index in [1.54, 1.807) is 23.1 Å². The first-order chi connectivity index (χ1) is 10.4. The van der Waals surface area contributed by atoms with Crippen molar-refractivity contribution in [2.45, 2.75) is 9.37 Å². The van der Waals surface area contributed by atoms with Gasteiger partial charge in [0.25, 0.3) is 0 Å². The highest BCUT2D eigenvalue weighted by Gasteiger charge is 2.09. The normalized spacial score (nSPS) is 11.0. The second-order valence-corrected chi connectivity index (χ2v) is 6.83. The summed E-state index contributed by atoms with van der Waals surface area (Å²) in [6.45, 7) is 0. The summed E-state index contributed by atoms with van der Waals surface area (Å²) in [5.74, 6) is 0. The second-order valence-electron chi connectivity index (χ2n) is 4.54. The van der Waals surface area contributed by atoms with E-state index in [4.69, 9.17) is 0 Å². The topological polar surface area (TPSA) is 41.6 Å². The summed E-state index contributed by atoms with van der Waals surface area (Å²) in [6, 6.07) is 20.4. The molecule has 0 aliphatic carbocycles. The van der Waals surface area contributed by atoms with E-state index in [-0.39, 0.29) is 0 Å². The molecule has 102 valence electrons. The van der Waals surface area contributed by atoms with Crippen molar-refractivity contribution in [1.29, 1.82) is 0 Å². The van der Waals surface area contributed by atoms with Gasteiger partial charge in [-0.05, 0) is 35.5 Å². The van der Waals surface area contributed by atoms with Gasteiger partial charge in [-0.2, -0.15) is 5.10 Å². The lowest BCUT2D eigenvalue weighted by Crippen LogP contribution is -1.75. The molecule has 5 heteroatoms. The third-order valence-corrected chi connectivity index (χ3v) is 5.12. The van der Waals surface area contributed by atoms with Gasteiger partial charge in [0.2, 0.25) is 0 Å². The van der Waals surface area contributed by atoms with Crippen LogP contribution in [0.3, 0.4) is 0 Å².